The number of nitriles is 1. The van der Waals surface area contributed by atoms with E-state index < -0.39 is 0 Å². The van der Waals surface area contributed by atoms with Crippen molar-refractivity contribution >= 4 is 16.7 Å². The largest absolute Gasteiger partial charge is 0.355 e. The van der Waals surface area contributed by atoms with E-state index in [2.05, 4.69) is 10.1 Å². The summed E-state index contributed by atoms with van der Waals surface area (Å²) in [4.78, 5) is 17.3. The van der Waals surface area contributed by atoms with E-state index in [-0.39, 0.29) is 17.0 Å². The lowest BCUT2D eigenvalue weighted by molar-refractivity contribution is 0.746. The molecule has 0 aliphatic rings. The van der Waals surface area contributed by atoms with Crippen LogP contribution in [-0.2, 0) is 0 Å². The number of fused-ring (bicyclic) bond motifs is 3. The highest BCUT2D eigenvalue weighted by molar-refractivity contribution is 5.81. The summed E-state index contributed by atoms with van der Waals surface area (Å²) in [5, 5.41) is 13.6. The van der Waals surface area contributed by atoms with Crippen LogP contribution in [0.25, 0.3) is 22.4 Å². The zero-order valence-electron chi connectivity index (χ0n) is 12.3. The van der Waals surface area contributed by atoms with Gasteiger partial charge >= 0.3 is 5.69 Å². The summed E-state index contributed by atoms with van der Waals surface area (Å²) in [5.41, 5.74) is 2.98. The third-order valence-electron chi connectivity index (χ3n) is 3.70. The SMILES string of the molecule is Cc1cccc(-n2nc(C#N)c3nc4ccccc4n3c2=O)c1. The molecule has 2 aromatic heterocycles. The molecule has 2 aromatic carbocycles. The van der Waals surface area contributed by atoms with Crippen molar-refractivity contribution in [3.05, 3.63) is 70.3 Å². The maximum Gasteiger partial charge on any atom is 0.355 e. The monoisotopic (exact) mass is 301 g/mol. The van der Waals surface area contributed by atoms with Crippen LogP contribution in [0.3, 0.4) is 0 Å². The van der Waals surface area contributed by atoms with E-state index in [0.29, 0.717) is 16.7 Å². The van der Waals surface area contributed by atoms with Gasteiger partial charge in [0.1, 0.15) is 6.07 Å². The quantitative estimate of drug-likeness (QED) is 0.540. The number of aryl methyl sites for hydroxylation is 1. The molecule has 6 heteroatoms. The molecular formula is C17H11N5O. The fraction of sp³-hybridized carbons (Fsp3) is 0.0588. The molecule has 2 heterocycles. The van der Waals surface area contributed by atoms with Crippen molar-refractivity contribution in [2.75, 3.05) is 0 Å². The molecular weight excluding hydrogens is 290 g/mol. The second-order valence-corrected chi connectivity index (χ2v) is 5.25. The van der Waals surface area contributed by atoms with Crippen molar-refractivity contribution in [3.8, 4) is 11.8 Å². The first-order valence-electron chi connectivity index (χ1n) is 7.07. The van der Waals surface area contributed by atoms with Crippen molar-refractivity contribution in [3.63, 3.8) is 0 Å². The number of para-hydroxylation sites is 2. The standard InChI is InChI=1S/C17H11N5O/c1-11-5-4-6-12(9-11)22-17(23)21-15-8-3-2-7-13(15)19-16(21)14(10-18)20-22/h2-9H,1H3. The zero-order chi connectivity index (χ0) is 16.0. The minimum absolute atomic E-state index is 0.113. The van der Waals surface area contributed by atoms with Gasteiger partial charge in [0.15, 0.2) is 5.65 Å². The molecule has 4 aromatic rings. The molecule has 4 rings (SSSR count). The number of rotatable bonds is 1. The summed E-state index contributed by atoms with van der Waals surface area (Å²) in [7, 11) is 0. The van der Waals surface area contributed by atoms with Crippen molar-refractivity contribution in [2.45, 2.75) is 6.92 Å². The molecule has 0 amide bonds. The third kappa shape index (κ3) is 1.91. The van der Waals surface area contributed by atoms with Gasteiger partial charge in [0.25, 0.3) is 0 Å². The van der Waals surface area contributed by atoms with E-state index in [1.807, 2.05) is 43.3 Å². The molecule has 6 nitrogen and oxygen atoms in total. The second-order valence-electron chi connectivity index (χ2n) is 5.25. The number of aromatic nitrogens is 4. The van der Waals surface area contributed by atoms with Gasteiger partial charge in [-0.1, -0.05) is 24.3 Å². The van der Waals surface area contributed by atoms with E-state index in [9.17, 15) is 10.1 Å². The lowest BCUT2D eigenvalue weighted by Crippen LogP contribution is -2.28. The minimum atomic E-state index is -0.349. The molecule has 0 radical (unpaired) electrons. The molecule has 0 atom stereocenters. The zero-order valence-corrected chi connectivity index (χ0v) is 12.3. The number of imidazole rings is 1. The van der Waals surface area contributed by atoms with Gasteiger partial charge in [0.2, 0.25) is 5.69 Å². The molecule has 0 fully saturated rings. The van der Waals surface area contributed by atoms with Gasteiger partial charge in [-0.25, -0.2) is 14.2 Å². The molecule has 0 saturated heterocycles. The summed E-state index contributed by atoms with van der Waals surface area (Å²) in [6, 6.07) is 16.7. The smallest absolute Gasteiger partial charge is 0.245 e. The van der Waals surface area contributed by atoms with Gasteiger partial charge in [-0.3, -0.25) is 0 Å². The third-order valence-corrected chi connectivity index (χ3v) is 3.70. The van der Waals surface area contributed by atoms with Crippen LogP contribution in [0.15, 0.2) is 53.3 Å². The average molecular weight is 301 g/mol. The summed E-state index contributed by atoms with van der Waals surface area (Å²) in [5.74, 6) is 0. The normalized spacial score (nSPS) is 11.0. The van der Waals surface area contributed by atoms with Crippen molar-refractivity contribution in [2.24, 2.45) is 0 Å². The lowest BCUT2D eigenvalue weighted by atomic mass is 10.2. The van der Waals surface area contributed by atoms with E-state index in [4.69, 9.17) is 0 Å². The highest BCUT2D eigenvalue weighted by atomic mass is 16.2. The van der Waals surface area contributed by atoms with Gasteiger partial charge in [-0.15, -0.1) is 5.10 Å². The first kappa shape index (κ1) is 13.2. The number of hydrogen-bond acceptors (Lipinski definition) is 4. The number of nitrogens with zero attached hydrogens (tertiary/aromatic N) is 5. The fourth-order valence-corrected chi connectivity index (χ4v) is 2.66. The fourth-order valence-electron chi connectivity index (χ4n) is 2.66. The first-order chi connectivity index (χ1) is 11.2. The molecule has 0 unspecified atom stereocenters. The van der Waals surface area contributed by atoms with Gasteiger partial charge in [-0.2, -0.15) is 9.94 Å². The Kier molecular flexibility index (Phi) is 2.75. The Bertz CT molecular complexity index is 1160. The number of hydrogen-bond donors (Lipinski definition) is 0. The Labute approximate surface area is 130 Å². The molecule has 0 aliphatic carbocycles. The molecule has 110 valence electrons. The Morgan fingerprint density at radius 3 is 2.74 bits per heavy atom. The Hall–Kier alpha value is -3.46. The van der Waals surface area contributed by atoms with Gasteiger partial charge in [0.05, 0.1) is 16.7 Å². The van der Waals surface area contributed by atoms with Gasteiger partial charge < -0.3 is 0 Å². The van der Waals surface area contributed by atoms with E-state index >= 15 is 0 Å². The topological polar surface area (TPSA) is 76.0 Å². The van der Waals surface area contributed by atoms with Crippen LogP contribution in [-0.4, -0.2) is 19.2 Å². The molecule has 0 spiro atoms. The molecule has 0 bridgehead atoms. The van der Waals surface area contributed by atoms with Crippen LogP contribution in [0.2, 0.25) is 0 Å². The van der Waals surface area contributed by atoms with Crippen LogP contribution in [0.5, 0.6) is 0 Å². The van der Waals surface area contributed by atoms with Crippen LogP contribution in [0, 0.1) is 18.3 Å². The van der Waals surface area contributed by atoms with Crippen LogP contribution < -0.4 is 5.69 Å². The summed E-state index contributed by atoms with van der Waals surface area (Å²) < 4.78 is 2.68. The summed E-state index contributed by atoms with van der Waals surface area (Å²) in [6.07, 6.45) is 0. The Morgan fingerprint density at radius 1 is 1.13 bits per heavy atom. The maximum atomic E-state index is 12.9. The van der Waals surface area contributed by atoms with E-state index in [0.717, 1.165) is 5.56 Å². The molecule has 0 saturated carbocycles. The number of benzene rings is 2. The van der Waals surface area contributed by atoms with Crippen molar-refractivity contribution in [1.29, 1.82) is 5.26 Å². The minimum Gasteiger partial charge on any atom is -0.245 e. The first-order valence-corrected chi connectivity index (χ1v) is 7.07. The highest BCUT2D eigenvalue weighted by Crippen LogP contribution is 2.16. The van der Waals surface area contributed by atoms with Crippen molar-refractivity contribution in [1.82, 2.24) is 19.2 Å². The lowest BCUT2D eigenvalue weighted by Gasteiger charge is -2.07. The Balaban J connectivity index is 2.19. The average Bonchev–Trinajstić information content (AvgIpc) is 2.95. The van der Waals surface area contributed by atoms with Crippen LogP contribution >= 0.6 is 0 Å². The molecule has 0 aliphatic heterocycles. The van der Waals surface area contributed by atoms with Gasteiger partial charge in [-0.05, 0) is 36.8 Å². The highest BCUT2D eigenvalue weighted by Gasteiger charge is 2.16. The van der Waals surface area contributed by atoms with Crippen LogP contribution in [0.4, 0.5) is 0 Å². The predicted molar refractivity (Wildman–Crippen MR) is 85.5 cm³/mol. The second kappa shape index (κ2) is 4.78. The summed E-state index contributed by atoms with van der Waals surface area (Å²) >= 11 is 0. The van der Waals surface area contributed by atoms with Crippen LogP contribution in [0.1, 0.15) is 11.3 Å². The predicted octanol–water partition coefficient (Wildman–Crippen LogP) is 2.21. The van der Waals surface area contributed by atoms with Crippen molar-refractivity contribution < 1.29 is 0 Å². The molecule has 23 heavy (non-hydrogen) atoms. The molecule has 0 N–H and O–H groups in total. The van der Waals surface area contributed by atoms with E-state index in [1.165, 1.54) is 9.08 Å². The van der Waals surface area contributed by atoms with E-state index in [1.54, 1.807) is 18.2 Å². The maximum absolute atomic E-state index is 12.9. The van der Waals surface area contributed by atoms with Gasteiger partial charge in [0, 0.05) is 0 Å². The summed E-state index contributed by atoms with van der Waals surface area (Å²) in [6.45, 7) is 1.94. The Morgan fingerprint density at radius 2 is 1.96 bits per heavy atom.